The average molecular weight is 213 g/mol. The van der Waals surface area contributed by atoms with Gasteiger partial charge in [-0.15, -0.1) is 0 Å². The van der Waals surface area contributed by atoms with Crippen LogP contribution in [0.5, 0.6) is 5.75 Å². The van der Waals surface area contributed by atoms with E-state index < -0.39 is 5.97 Å². The van der Waals surface area contributed by atoms with Gasteiger partial charge in [0.15, 0.2) is 0 Å². The molecule has 0 radical (unpaired) electrons. The number of phenols is 1. The molecule has 0 atom stereocenters. The van der Waals surface area contributed by atoms with Gasteiger partial charge in [0.2, 0.25) is 0 Å². The van der Waals surface area contributed by atoms with E-state index in [-0.39, 0.29) is 17.9 Å². The molecule has 0 aliphatic heterocycles. The van der Waals surface area contributed by atoms with E-state index in [4.69, 9.17) is 15.3 Å². The Labute approximate surface area is 88.0 Å². The third-order valence-corrected chi connectivity index (χ3v) is 1.50. The Balaban J connectivity index is 0.000000336. The lowest BCUT2D eigenvalue weighted by atomic mass is 10.2. The maximum atomic E-state index is 10.3. The number of carboxylic acids is 1. The molecule has 0 saturated carbocycles. The topological polar surface area (TPSA) is 89.8 Å². The number of para-hydroxylation sites is 1. The molecule has 84 valence electrons. The molecule has 0 aromatic heterocycles. The molecular weight excluding hydrogens is 198 g/mol. The van der Waals surface area contributed by atoms with Crippen molar-refractivity contribution in [2.45, 2.75) is 0 Å². The highest BCUT2D eigenvalue weighted by atomic mass is 16.4. The van der Waals surface area contributed by atoms with Crippen LogP contribution in [0.15, 0.2) is 24.3 Å². The number of aliphatic hydroxyl groups excluding tert-OH is 1. The summed E-state index contributed by atoms with van der Waals surface area (Å²) in [5, 5.41) is 28.1. The number of nitrogens with one attached hydrogen (secondary N) is 1. The van der Waals surface area contributed by atoms with Crippen molar-refractivity contribution >= 4 is 5.97 Å². The van der Waals surface area contributed by atoms with Crippen LogP contribution >= 0.6 is 0 Å². The van der Waals surface area contributed by atoms with E-state index in [1.54, 1.807) is 19.2 Å². The second-order valence-electron chi connectivity index (χ2n) is 2.65. The van der Waals surface area contributed by atoms with E-state index in [1.165, 1.54) is 12.1 Å². The molecule has 0 bridgehead atoms. The molecule has 0 aliphatic carbocycles. The number of hydrogen-bond acceptors (Lipinski definition) is 4. The molecule has 0 amide bonds. The van der Waals surface area contributed by atoms with Crippen LogP contribution in [-0.2, 0) is 0 Å². The minimum atomic E-state index is -1.11. The summed E-state index contributed by atoms with van der Waals surface area (Å²) in [6, 6.07) is 5.81. The molecule has 4 N–H and O–H groups in total. The van der Waals surface area contributed by atoms with Gasteiger partial charge in [0.25, 0.3) is 0 Å². The van der Waals surface area contributed by atoms with E-state index in [2.05, 4.69) is 5.32 Å². The fraction of sp³-hybridized carbons (Fsp3) is 0.300. The first-order chi connectivity index (χ1) is 7.13. The van der Waals surface area contributed by atoms with Crippen LogP contribution in [0, 0.1) is 0 Å². The third-order valence-electron chi connectivity index (χ3n) is 1.50. The number of aromatic hydroxyl groups is 1. The van der Waals surface area contributed by atoms with Crippen molar-refractivity contribution in [1.29, 1.82) is 0 Å². The number of benzene rings is 1. The van der Waals surface area contributed by atoms with E-state index in [0.29, 0.717) is 6.54 Å². The molecule has 0 spiro atoms. The minimum absolute atomic E-state index is 0.0671. The van der Waals surface area contributed by atoms with Gasteiger partial charge in [-0.1, -0.05) is 12.1 Å². The Hall–Kier alpha value is -1.59. The highest BCUT2D eigenvalue weighted by Gasteiger charge is 2.05. The Morgan fingerprint density at radius 3 is 2.27 bits per heavy atom. The number of aromatic carboxylic acids is 1. The van der Waals surface area contributed by atoms with Crippen molar-refractivity contribution in [3.05, 3.63) is 29.8 Å². The SMILES string of the molecule is CNCCO.O=C(O)c1ccccc1O. The third kappa shape index (κ3) is 5.66. The fourth-order valence-electron chi connectivity index (χ4n) is 0.766. The summed E-state index contributed by atoms with van der Waals surface area (Å²) in [6.45, 7) is 0.927. The fourth-order valence-corrected chi connectivity index (χ4v) is 0.766. The summed E-state index contributed by atoms with van der Waals surface area (Å²) in [6.07, 6.45) is 0. The van der Waals surface area contributed by atoms with Gasteiger partial charge in [-0.2, -0.15) is 0 Å². The highest BCUT2D eigenvalue weighted by Crippen LogP contribution is 2.14. The summed E-state index contributed by atoms with van der Waals surface area (Å²) in [7, 11) is 1.80. The van der Waals surface area contributed by atoms with Crippen molar-refractivity contribution in [3.63, 3.8) is 0 Å². The van der Waals surface area contributed by atoms with Gasteiger partial charge in [-0.05, 0) is 19.2 Å². The van der Waals surface area contributed by atoms with E-state index in [1.807, 2.05) is 0 Å². The molecule has 0 saturated heterocycles. The van der Waals surface area contributed by atoms with Crippen molar-refractivity contribution in [3.8, 4) is 5.75 Å². The first-order valence-corrected chi connectivity index (χ1v) is 4.40. The van der Waals surface area contributed by atoms with Gasteiger partial charge in [0, 0.05) is 6.54 Å². The molecule has 15 heavy (non-hydrogen) atoms. The standard InChI is InChI=1S/C7H6O3.C3H9NO/c8-6-4-2-1-3-5(6)7(9)10;1-4-2-3-5/h1-4,8H,(H,9,10);4-5H,2-3H2,1H3. The van der Waals surface area contributed by atoms with Crippen LogP contribution in [0.2, 0.25) is 0 Å². The van der Waals surface area contributed by atoms with Gasteiger partial charge in [-0.25, -0.2) is 4.79 Å². The number of likely N-dealkylation sites (N-methyl/N-ethyl adjacent to an activating group) is 1. The Kier molecular flexibility index (Phi) is 6.96. The van der Waals surface area contributed by atoms with Gasteiger partial charge >= 0.3 is 5.97 Å². The lowest BCUT2D eigenvalue weighted by Gasteiger charge is -1.95. The van der Waals surface area contributed by atoms with Gasteiger partial charge < -0.3 is 20.6 Å². The molecule has 0 fully saturated rings. The highest BCUT2D eigenvalue weighted by molar-refractivity contribution is 5.90. The van der Waals surface area contributed by atoms with Crippen LogP contribution in [0.3, 0.4) is 0 Å². The smallest absolute Gasteiger partial charge is 0.339 e. The molecule has 0 aliphatic rings. The largest absolute Gasteiger partial charge is 0.507 e. The van der Waals surface area contributed by atoms with Crippen LogP contribution < -0.4 is 5.32 Å². The maximum Gasteiger partial charge on any atom is 0.339 e. The van der Waals surface area contributed by atoms with Crippen LogP contribution in [-0.4, -0.2) is 41.5 Å². The zero-order valence-corrected chi connectivity index (χ0v) is 8.47. The van der Waals surface area contributed by atoms with E-state index in [0.717, 1.165) is 0 Å². The summed E-state index contributed by atoms with van der Waals surface area (Å²) >= 11 is 0. The Bertz CT molecular complexity index is 299. The predicted molar refractivity (Wildman–Crippen MR) is 56.1 cm³/mol. The number of hydrogen-bond donors (Lipinski definition) is 4. The van der Waals surface area contributed by atoms with Crippen LogP contribution in [0.4, 0.5) is 0 Å². The lowest BCUT2D eigenvalue weighted by Crippen LogP contribution is -2.10. The number of rotatable bonds is 3. The van der Waals surface area contributed by atoms with E-state index >= 15 is 0 Å². The van der Waals surface area contributed by atoms with Crippen LogP contribution in [0.1, 0.15) is 10.4 Å². The van der Waals surface area contributed by atoms with Crippen molar-refractivity contribution in [2.75, 3.05) is 20.2 Å². The first kappa shape index (κ1) is 13.4. The Morgan fingerprint density at radius 2 is 2.00 bits per heavy atom. The monoisotopic (exact) mass is 213 g/mol. The molecule has 0 heterocycles. The first-order valence-electron chi connectivity index (χ1n) is 4.40. The number of aliphatic hydroxyl groups is 1. The zero-order valence-electron chi connectivity index (χ0n) is 8.47. The molecule has 0 unspecified atom stereocenters. The van der Waals surface area contributed by atoms with Gasteiger partial charge in [0.05, 0.1) is 6.61 Å². The minimum Gasteiger partial charge on any atom is -0.507 e. The molecule has 1 aromatic carbocycles. The summed E-state index contributed by atoms with van der Waals surface area (Å²) in [4.78, 5) is 10.3. The average Bonchev–Trinajstić information content (AvgIpc) is 2.20. The van der Waals surface area contributed by atoms with Crippen LogP contribution in [0.25, 0.3) is 0 Å². The van der Waals surface area contributed by atoms with Gasteiger partial charge in [0.1, 0.15) is 11.3 Å². The summed E-state index contributed by atoms with van der Waals surface area (Å²) < 4.78 is 0. The van der Waals surface area contributed by atoms with Crippen molar-refractivity contribution in [2.24, 2.45) is 0 Å². The molecular formula is C10H15NO4. The quantitative estimate of drug-likeness (QED) is 0.579. The van der Waals surface area contributed by atoms with Gasteiger partial charge in [-0.3, -0.25) is 0 Å². The molecule has 1 rings (SSSR count). The zero-order chi connectivity index (χ0) is 11.7. The maximum absolute atomic E-state index is 10.3. The molecule has 5 heteroatoms. The normalized spacial score (nSPS) is 8.93. The Morgan fingerprint density at radius 1 is 1.40 bits per heavy atom. The molecule has 1 aromatic rings. The number of carbonyl (C=O) groups is 1. The lowest BCUT2D eigenvalue weighted by molar-refractivity contribution is 0.0693. The predicted octanol–water partition coefficient (Wildman–Crippen LogP) is 0.288. The number of carboxylic acid groups (broad SMARTS) is 1. The molecule has 5 nitrogen and oxygen atoms in total. The summed E-state index contributed by atoms with van der Waals surface area (Å²) in [5.41, 5.74) is -0.0671. The van der Waals surface area contributed by atoms with Crippen molar-refractivity contribution < 1.29 is 20.1 Å². The summed E-state index contributed by atoms with van der Waals surface area (Å²) in [5.74, 6) is -1.31. The second kappa shape index (κ2) is 7.78. The second-order valence-corrected chi connectivity index (χ2v) is 2.65. The van der Waals surface area contributed by atoms with E-state index in [9.17, 15) is 4.79 Å². The van der Waals surface area contributed by atoms with Crippen molar-refractivity contribution in [1.82, 2.24) is 5.32 Å².